The summed E-state index contributed by atoms with van der Waals surface area (Å²) in [6.45, 7) is 10.7. The van der Waals surface area contributed by atoms with Crippen LogP contribution in [0.15, 0.2) is 60.7 Å². The Balaban J connectivity index is 0.000000375. The largest absolute Gasteiger partial charge is 0.478 e. The van der Waals surface area contributed by atoms with E-state index in [-0.39, 0.29) is 11.9 Å². The number of carbonyl (C=O) groups is 1. The molecule has 1 aliphatic heterocycles. The van der Waals surface area contributed by atoms with Gasteiger partial charge >= 0.3 is 5.97 Å². The topological polar surface area (TPSA) is 70.0 Å². The van der Waals surface area contributed by atoms with Crippen LogP contribution in [0.25, 0.3) is 11.1 Å². The minimum atomic E-state index is -0.898. The predicted octanol–water partition coefficient (Wildman–Crippen LogP) is 6.59. The molecule has 0 amide bonds. The van der Waals surface area contributed by atoms with Gasteiger partial charge in [-0.15, -0.1) is 0 Å². The first-order valence-electron chi connectivity index (χ1n) is 13.4. The molecular weight excluding hydrogens is 481 g/mol. The standard InChI is InChI=1S/C24H31NO4.C8H9F/c1-3-18-14-19(10-11-23(18)24(27)28)22-9-5-4-8-21(22)17(2)29-16-20(26)15-25-12-6-7-13-25;1-6-3-4-7(2)8(9)5-6/h4-5,8-11,14,17,20,26H,3,6-7,12-13,15-16H2,1-2H3,(H,27,28);3-5H,1-2H3. The van der Waals surface area contributed by atoms with Crippen LogP contribution < -0.4 is 0 Å². The maximum Gasteiger partial charge on any atom is 0.335 e. The fourth-order valence-corrected chi connectivity index (χ4v) is 4.74. The molecule has 38 heavy (non-hydrogen) atoms. The zero-order valence-electron chi connectivity index (χ0n) is 22.9. The summed E-state index contributed by atoms with van der Waals surface area (Å²) >= 11 is 0. The third-order valence-electron chi connectivity index (χ3n) is 6.96. The van der Waals surface area contributed by atoms with E-state index < -0.39 is 12.1 Å². The molecule has 1 heterocycles. The Labute approximate surface area is 225 Å². The van der Waals surface area contributed by atoms with Crippen LogP contribution in [0.1, 0.15) is 65.4 Å². The molecule has 1 saturated heterocycles. The number of aromatic carboxylic acids is 1. The summed E-state index contributed by atoms with van der Waals surface area (Å²) in [5, 5.41) is 19.7. The van der Waals surface area contributed by atoms with Crippen LogP contribution in [-0.4, -0.2) is 53.4 Å². The molecular formula is C32H40FNO4. The van der Waals surface area contributed by atoms with Crippen molar-refractivity contribution in [3.8, 4) is 11.1 Å². The van der Waals surface area contributed by atoms with Crippen molar-refractivity contribution < 1.29 is 24.1 Å². The number of ether oxygens (including phenoxy) is 1. The van der Waals surface area contributed by atoms with E-state index in [1.807, 2.05) is 63.2 Å². The number of hydrogen-bond acceptors (Lipinski definition) is 4. The highest BCUT2D eigenvalue weighted by atomic mass is 19.1. The Morgan fingerprint density at radius 3 is 2.39 bits per heavy atom. The van der Waals surface area contributed by atoms with Crippen molar-refractivity contribution in [2.24, 2.45) is 0 Å². The molecule has 3 aromatic rings. The van der Waals surface area contributed by atoms with Gasteiger partial charge in [0.1, 0.15) is 5.82 Å². The number of aryl methyl sites for hydroxylation is 3. The van der Waals surface area contributed by atoms with Crippen LogP contribution in [0.4, 0.5) is 4.39 Å². The first-order chi connectivity index (χ1) is 18.2. The summed E-state index contributed by atoms with van der Waals surface area (Å²) in [4.78, 5) is 13.7. The Morgan fingerprint density at radius 1 is 1.05 bits per heavy atom. The fourth-order valence-electron chi connectivity index (χ4n) is 4.74. The Morgan fingerprint density at radius 2 is 1.76 bits per heavy atom. The van der Waals surface area contributed by atoms with Gasteiger partial charge in [0.05, 0.1) is 24.4 Å². The molecule has 0 aromatic heterocycles. The maximum absolute atomic E-state index is 12.6. The Hall–Kier alpha value is -3.06. The molecule has 0 saturated carbocycles. The number of likely N-dealkylation sites (tertiary alicyclic amines) is 1. The van der Waals surface area contributed by atoms with Gasteiger partial charge in [-0.2, -0.15) is 0 Å². The monoisotopic (exact) mass is 521 g/mol. The number of aliphatic hydroxyl groups excluding tert-OH is 1. The summed E-state index contributed by atoms with van der Waals surface area (Å²) in [6.07, 6.45) is 2.40. The summed E-state index contributed by atoms with van der Waals surface area (Å²) in [5.41, 5.74) is 5.89. The van der Waals surface area contributed by atoms with Crippen LogP contribution in [0, 0.1) is 19.7 Å². The van der Waals surface area contributed by atoms with E-state index in [9.17, 15) is 19.4 Å². The van der Waals surface area contributed by atoms with Crippen molar-refractivity contribution in [2.45, 2.75) is 59.2 Å². The number of β-amino-alcohol motifs (C(OH)–C–C–N with tert-alkyl or cyclic N) is 1. The molecule has 0 aliphatic carbocycles. The van der Waals surface area contributed by atoms with E-state index >= 15 is 0 Å². The average molecular weight is 522 g/mol. The maximum atomic E-state index is 12.6. The second kappa shape index (κ2) is 14.2. The molecule has 1 aliphatic rings. The van der Waals surface area contributed by atoms with Crippen molar-refractivity contribution in [3.05, 3.63) is 94.3 Å². The molecule has 2 atom stereocenters. The zero-order valence-corrected chi connectivity index (χ0v) is 22.9. The highest BCUT2D eigenvalue weighted by Crippen LogP contribution is 2.31. The van der Waals surface area contributed by atoms with Gasteiger partial charge < -0.3 is 19.8 Å². The molecule has 4 rings (SSSR count). The number of rotatable bonds is 9. The van der Waals surface area contributed by atoms with Crippen LogP contribution in [0.2, 0.25) is 0 Å². The van der Waals surface area contributed by atoms with Gasteiger partial charge in [0, 0.05) is 6.54 Å². The van der Waals surface area contributed by atoms with Gasteiger partial charge in [0.15, 0.2) is 0 Å². The quantitative estimate of drug-likeness (QED) is 0.332. The van der Waals surface area contributed by atoms with Crippen molar-refractivity contribution in [1.82, 2.24) is 4.90 Å². The summed E-state index contributed by atoms with van der Waals surface area (Å²) in [6, 6.07) is 18.7. The van der Waals surface area contributed by atoms with Gasteiger partial charge in [-0.25, -0.2) is 9.18 Å². The smallest absolute Gasteiger partial charge is 0.335 e. The lowest BCUT2D eigenvalue weighted by molar-refractivity contribution is -0.0131. The molecule has 0 bridgehead atoms. The molecule has 5 nitrogen and oxygen atoms in total. The highest BCUT2D eigenvalue weighted by Gasteiger charge is 2.19. The van der Waals surface area contributed by atoms with E-state index in [0.717, 1.165) is 40.9 Å². The average Bonchev–Trinajstić information content (AvgIpc) is 3.42. The van der Waals surface area contributed by atoms with Gasteiger partial charge in [-0.1, -0.05) is 55.5 Å². The molecule has 1 fully saturated rings. The molecule has 6 heteroatoms. The zero-order chi connectivity index (χ0) is 27.7. The van der Waals surface area contributed by atoms with Crippen LogP contribution in [0.5, 0.6) is 0 Å². The van der Waals surface area contributed by atoms with Crippen LogP contribution in [0.3, 0.4) is 0 Å². The minimum absolute atomic E-state index is 0.116. The van der Waals surface area contributed by atoms with Gasteiger partial charge in [0.25, 0.3) is 0 Å². The third-order valence-corrected chi connectivity index (χ3v) is 6.96. The van der Waals surface area contributed by atoms with E-state index in [1.165, 1.54) is 18.9 Å². The van der Waals surface area contributed by atoms with E-state index in [4.69, 9.17) is 4.74 Å². The highest BCUT2D eigenvalue weighted by molar-refractivity contribution is 5.90. The predicted molar refractivity (Wildman–Crippen MR) is 150 cm³/mol. The lowest BCUT2D eigenvalue weighted by Gasteiger charge is -2.22. The second-order valence-corrected chi connectivity index (χ2v) is 10.0. The van der Waals surface area contributed by atoms with Crippen molar-refractivity contribution in [3.63, 3.8) is 0 Å². The van der Waals surface area contributed by atoms with E-state index in [1.54, 1.807) is 19.1 Å². The molecule has 204 valence electrons. The second-order valence-electron chi connectivity index (χ2n) is 10.0. The van der Waals surface area contributed by atoms with Crippen LogP contribution in [-0.2, 0) is 11.2 Å². The van der Waals surface area contributed by atoms with Crippen molar-refractivity contribution >= 4 is 5.97 Å². The first-order valence-corrected chi connectivity index (χ1v) is 13.4. The lowest BCUT2D eigenvalue weighted by Crippen LogP contribution is -2.33. The normalized spacial score (nSPS) is 15.0. The number of hydrogen-bond donors (Lipinski definition) is 2. The van der Waals surface area contributed by atoms with Gasteiger partial charge in [-0.05, 0) is 98.6 Å². The third kappa shape index (κ3) is 8.22. The lowest BCUT2D eigenvalue weighted by atomic mass is 9.93. The molecule has 2 unspecified atom stereocenters. The number of halogens is 1. The van der Waals surface area contributed by atoms with E-state index in [0.29, 0.717) is 30.7 Å². The van der Waals surface area contributed by atoms with Crippen molar-refractivity contribution in [1.29, 1.82) is 0 Å². The van der Waals surface area contributed by atoms with E-state index in [2.05, 4.69) is 4.90 Å². The number of aliphatic hydroxyl groups is 1. The van der Waals surface area contributed by atoms with Gasteiger partial charge in [0.2, 0.25) is 0 Å². The Bertz CT molecular complexity index is 1210. The first kappa shape index (κ1) is 29.5. The number of benzene rings is 3. The number of carboxylic acid groups (broad SMARTS) is 1. The summed E-state index contributed by atoms with van der Waals surface area (Å²) in [5.74, 6) is -1.01. The molecule has 3 aromatic carbocycles. The minimum Gasteiger partial charge on any atom is -0.478 e. The van der Waals surface area contributed by atoms with Gasteiger partial charge in [-0.3, -0.25) is 0 Å². The molecule has 2 N–H and O–H groups in total. The molecule has 0 radical (unpaired) electrons. The number of nitrogens with zero attached hydrogens (tertiary/aromatic N) is 1. The Kier molecular flexibility index (Phi) is 11.0. The summed E-state index contributed by atoms with van der Waals surface area (Å²) in [7, 11) is 0. The number of carboxylic acids is 1. The SMILES string of the molecule is CCc1cc(-c2ccccc2C(C)OCC(O)CN2CCCC2)ccc1C(=O)O.Cc1ccc(C)c(F)c1. The van der Waals surface area contributed by atoms with Crippen molar-refractivity contribution in [2.75, 3.05) is 26.2 Å². The molecule has 0 spiro atoms. The van der Waals surface area contributed by atoms with Crippen LogP contribution >= 0.6 is 0 Å². The fraction of sp³-hybridized carbons (Fsp3) is 0.406. The summed E-state index contributed by atoms with van der Waals surface area (Å²) < 4.78 is 18.6.